The summed E-state index contributed by atoms with van der Waals surface area (Å²) in [7, 11) is 1.30. The predicted molar refractivity (Wildman–Crippen MR) is 132 cm³/mol. The minimum atomic E-state index is -1.02. The van der Waals surface area contributed by atoms with Crippen molar-refractivity contribution < 1.29 is 33.4 Å². The molecule has 0 aromatic heterocycles. The first kappa shape index (κ1) is 28.0. The Morgan fingerprint density at radius 2 is 1.92 bits per heavy atom. The lowest BCUT2D eigenvalue weighted by Crippen LogP contribution is -2.58. The lowest BCUT2D eigenvalue weighted by Gasteiger charge is -2.34. The largest absolute Gasteiger partial charge is 0.467 e. The Labute approximate surface area is 213 Å². The molecular formula is C26H41N3O7. The Balaban J connectivity index is 1.87. The number of allylic oxidation sites excluding steroid dienone is 1. The maximum absolute atomic E-state index is 13.7. The minimum Gasteiger partial charge on any atom is -0.467 e. The van der Waals surface area contributed by atoms with Gasteiger partial charge in [-0.25, -0.2) is 9.59 Å². The van der Waals surface area contributed by atoms with E-state index < -0.39 is 41.7 Å². The van der Waals surface area contributed by atoms with Crippen LogP contribution in [0.4, 0.5) is 4.79 Å². The van der Waals surface area contributed by atoms with E-state index in [0.29, 0.717) is 13.0 Å². The zero-order valence-corrected chi connectivity index (χ0v) is 22.3. The van der Waals surface area contributed by atoms with E-state index >= 15 is 0 Å². The molecule has 2 aliphatic heterocycles. The van der Waals surface area contributed by atoms with Crippen LogP contribution in [0.5, 0.6) is 0 Å². The average Bonchev–Trinajstić information content (AvgIpc) is 3.12. The summed E-state index contributed by atoms with van der Waals surface area (Å²) in [5.41, 5.74) is -0.838. The molecule has 3 amide bonds. The molecule has 0 spiro atoms. The number of rotatable bonds is 2. The summed E-state index contributed by atoms with van der Waals surface area (Å²) in [5.74, 6) is -1.16. The SMILES string of the molecule is COC(=O)[C@@H]1CCCCC=CCOC[C@H](NC(=O)OC(C)(C)C)C(=O)N2C[C@H]3[C@@H]([C@H]2C(=O)N1)C3(C)C. The molecule has 5 atom stereocenters. The second-order valence-electron chi connectivity index (χ2n) is 11.5. The number of amides is 3. The molecular weight excluding hydrogens is 466 g/mol. The number of esters is 1. The number of nitrogens with one attached hydrogen (secondary N) is 2. The van der Waals surface area contributed by atoms with E-state index in [1.165, 1.54) is 12.0 Å². The Morgan fingerprint density at radius 1 is 1.19 bits per heavy atom. The molecule has 0 unspecified atom stereocenters. The van der Waals surface area contributed by atoms with Crippen LogP contribution < -0.4 is 10.6 Å². The van der Waals surface area contributed by atoms with Gasteiger partial charge < -0.3 is 29.7 Å². The van der Waals surface area contributed by atoms with Gasteiger partial charge in [0.15, 0.2) is 0 Å². The van der Waals surface area contributed by atoms with Crippen molar-refractivity contribution in [3.63, 3.8) is 0 Å². The third-order valence-corrected chi connectivity index (χ3v) is 7.33. The Morgan fingerprint density at radius 3 is 2.58 bits per heavy atom. The average molecular weight is 508 g/mol. The van der Waals surface area contributed by atoms with Gasteiger partial charge in [0, 0.05) is 6.54 Å². The van der Waals surface area contributed by atoms with Crippen molar-refractivity contribution in [2.24, 2.45) is 17.3 Å². The van der Waals surface area contributed by atoms with Crippen molar-refractivity contribution in [3.05, 3.63) is 12.2 Å². The molecule has 0 aromatic rings. The smallest absolute Gasteiger partial charge is 0.408 e. The molecule has 36 heavy (non-hydrogen) atoms. The summed E-state index contributed by atoms with van der Waals surface area (Å²) < 4.78 is 16.0. The second kappa shape index (κ2) is 11.2. The number of carbonyl (C=O) groups is 4. The van der Waals surface area contributed by atoms with Crippen LogP contribution in [0.1, 0.15) is 60.3 Å². The number of methoxy groups -OCH3 is 1. The number of alkyl carbamates (subject to hydrolysis) is 1. The Bertz CT molecular complexity index is 879. The first-order chi connectivity index (χ1) is 16.9. The zero-order valence-electron chi connectivity index (χ0n) is 22.3. The van der Waals surface area contributed by atoms with Crippen LogP contribution in [-0.4, -0.2) is 79.4 Å². The third-order valence-electron chi connectivity index (χ3n) is 7.33. The van der Waals surface area contributed by atoms with E-state index in [4.69, 9.17) is 14.2 Å². The van der Waals surface area contributed by atoms with Crippen LogP contribution in [0.15, 0.2) is 12.2 Å². The minimum absolute atomic E-state index is 0.0374. The fourth-order valence-electron chi connectivity index (χ4n) is 5.34. The van der Waals surface area contributed by atoms with Gasteiger partial charge in [-0.05, 0) is 57.3 Å². The van der Waals surface area contributed by atoms with E-state index in [1.807, 2.05) is 12.2 Å². The second-order valence-corrected chi connectivity index (χ2v) is 11.5. The molecule has 3 aliphatic rings. The van der Waals surface area contributed by atoms with Gasteiger partial charge in [-0.1, -0.05) is 32.4 Å². The molecule has 0 bridgehead atoms. The maximum atomic E-state index is 13.7. The molecule has 1 aliphatic carbocycles. The van der Waals surface area contributed by atoms with Crippen LogP contribution in [0.3, 0.4) is 0 Å². The van der Waals surface area contributed by atoms with Crippen molar-refractivity contribution in [2.45, 2.75) is 84.0 Å². The molecule has 10 nitrogen and oxygen atoms in total. The van der Waals surface area contributed by atoms with Crippen molar-refractivity contribution in [2.75, 3.05) is 26.9 Å². The number of carbonyl (C=O) groups excluding carboxylic acids is 4. The molecule has 2 fully saturated rings. The summed E-state index contributed by atoms with van der Waals surface area (Å²) in [6, 6.07) is -2.55. The van der Waals surface area contributed by atoms with Crippen LogP contribution in [-0.2, 0) is 28.6 Å². The van der Waals surface area contributed by atoms with E-state index in [-0.39, 0.29) is 36.4 Å². The zero-order chi connectivity index (χ0) is 26.7. The molecule has 3 rings (SSSR count). The van der Waals surface area contributed by atoms with Gasteiger partial charge in [0.1, 0.15) is 23.7 Å². The Hall–Kier alpha value is -2.62. The topological polar surface area (TPSA) is 123 Å². The van der Waals surface area contributed by atoms with Gasteiger partial charge in [-0.2, -0.15) is 0 Å². The van der Waals surface area contributed by atoms with Gasteiger partial charge in [-0.15, -0.1) is 0 Å². The van der Waals surface area contributed by atoms with E-state index in [0.717, 1.165) is 19.3 Å². The quantitative estimate of drug-likeness (QED) is 0.434. The van der Waals surface area contributed by atoms with Gasteiger partial charge in [0.2, 0.25) is 11.8 Å². The molecule has 0 radical (unpaired) electrons. The lowest BCUT2D eigenvalue weighted by molar-refractivity contribution is -0.147. The monoisotopic (exact) mass is 507 g/mol. The fraction of sp³-hybridized carbons (Fsp3) is 0.769. The highest BCUT2D eigenvalue weighted by atomic mass is 16.6. The Kier molecular flexibility index (Phi) is 8.69. The van der Waals surface area contributed by atoms with Gasteiger partial charge in [0.25, 0.3) is 0 Å². The van der Waals surface area contributed by atoms with Crippen molar-refractivity contribution in [1.82, 2.24) is 15.5 Å². The third kappa shape index (κ3) is 6.57. The standard InChI is InChI=1S/C26H41N3O7/c1-25(2,3)36-24(33)28-18-15-35-13-11-9-7-8-10-12-17(23(32)34-6)27-21(30)20-19-16(26(19,4)5)14-29(20)22(18)31/h9,11,16-20H,7-8,10,12-15H2,1-6H3,(H,27,30)(H,28,33)/t16-,17-,18-,19-,20-/m0/s1. The highest BCUT2D eigenvalue weighted by molar-refractivity contribution is 5.94. The summed E-state index contributed by atoms with van der Waals surface area (Å²) in [4.78, 5) is 53.7. The first-order valence-corrected chi connectivity index (χ1v) is 12.8. The van der Waals surface area contributed by atoms with E-state index in [9.17, 15) is 19.2 Å². The molecule has 10 heteroatoms. The molecule has 0 aromatic carbocycles. The number of fused-ring (bicyclic) bond motifs is 3. The van der Waals surface area contributed by atoms with Gasteiger partial charge >= 0.3 is 12.1 Å². The first-order valence-electron chi connectivity index (χ1n) is 12.8. The predicted octanol–water partition coefficient (Wildman–Crippen LogP) is 2.17. The highest BCUT2D eigenvalue weighted by Crippen LogP contribution is 2.64. The van der Waals surface area contributed by atoms with Crippen molar-refractivity contribution >= 4 is 23.9 Å². The highest BCUT2D eigenvalue weighted by Gasteiger charge is 2.69. The number of ether oxygens (including phenoxy) is 3. The van der Waals surface area contributed by atoms with Gasteiger partial charge in [0.05, 0.1) is 20.3 Å². The number of hydrogen-bond donors (Lipinski definition) is 2. The normalized spacial score (nSPS) is 31.1. The number of hydrogen-bond acceptors (Lipinski definition) is 7. The van der Waals surface area contributed by atoms with E-state index in [1.54, 1.807) is 20.8 Å². The van der Waals surface area contributed by atoms with Crippen LogP contribution in [0, 0.1) is 17.3 Å². The summed E-state index contributed by atoms with van der Waals surface area (Å²) in [6.07, 6.45) is 5.93. The van der Waals surface area contributed by atoms with Gasteiger partial charge in [-0.3, -0.25) is 9.59 Å². The molecule has 1 saturated carbocycles. The van der Waals surface area contributed by atoms with E-state index in [2.05, 4.69) is 24.5 Å². The summed E-state index contributed by atoms with van der Waals surface area (Å²) in [6.45, 7) is 10.0. The molecule has 2 heterocycles. The number of piperidine rings is 1. The molecule has 1 saturated heterocycles. The van der Waals surface area contributed by atoms with Crippen LogP contribution in [0.2, 0.25) is 0 Å². The summed E-state index contributed by atoms with van der Waals surface area (Å²) in [5, 5.41) is 5.49. The van der Waals surface area contributed by atoms with Crippen LogP contribution in [0.25, 0.3) is 0 Å². The summed E-state index contributed by atoms with van der Waals surface area (Å²) >= 11 is 0. The number of nitrogens with zero attached hydrogens (tertiary/aromatic N) is 1. The van der Waals surface area contributed by atoms with Crippen molar-refractivity contribution in [3.8, 4) is 0 Å². The fourth-order valence-corrected chi connectivity index (χ4v) is 5.34. The maximum Gasteiger partial charge on any atom is 0.408 e. The lowest BCUT2D eigenvalue weighted by atomic mass is 9.99. The van der Waals surface area contributed by atoms with Crippen LogP contribution >= 0.6 is 0 Å². The van der Waals surface area contributed by atoms with Crippen molar-refractivity contribution in [1.29, 1.82) is 0 Å². The molecule has 202 valence electrons. The molecule has 2 N–H and O–H groups in total.